The maximum atomic E-state index is 4.73. The molecule has 0 aliphatic heterocycles. The zero-order valence-corrected chi connectivity index (χ0v) is 12.6. The van der Waals surface area contributed by atoms with Crippen molar-refractivity contribution < 1.29 is 0 Å². The van der Waals surface area contributed by atoms with E-state index >= 15 is 0 Å². The van der Waals surface area contributed by atoms with Crippen LogP contribution in [0.5, 0.6) is 0 Å². The van der Waals surface area contributed by atoms with E-state index in [2.05, 4.69) is 48.5 Å². The van der Waals surface area contributed by atoms with Crippen molar-refractivity contribution in [1.82, 2.24) is 14.5 Å². The molecule has 0 aliphatic rings. The number of benzene rings is 1. The minimum Gasteiger partial charge on any atom is -0.277 e. The van der Waals surface area contributed by atoms with Crippen molar-refractivity contribution in [3.63, 3.8) is 0 Å². The average molecular weight is 277 g/mol. The number of nitrogens with zero attached hydrogens (tertiary/aromatic N) is 3. The number of rotatable bonds is 2. The zero-order chi connectivity index (χ0) is 14.9. The number of hydrogen-bond acceptors (Lipinski definition) is 2. The van der Waals surface area contributed by atoms with Crippen molar-refractivity contribution in [2.45, 2.75) is 20.8 Å². The first kappa shape index (κ1) is 13.6. The lowest BCUT2D eigenvalue weighted by Crippen LogP contribution is -2.02. The number of fused-ring (bicyclic) bond motifs is 1. The molecule has 106 valence electrons. The summed E-state index contributed by atoms with van der Waals surface area (Å²) in [7, 11) is 0. The topological polar surface area (TPSA) is 30.7 Å². The van der Waals surface area contributed by atoms with Gasteiger partial charge in [-0.1, -0.05) is 45.0 Å². The summed E-state index contributed by atoms with van der Waals surface area (Å²) in [6.45, 7) is 6.53. The fourth-order valence-electron chi connectivity index (χ4n) is 2.21. The Hall–Kier alpha value is -2.42. The van der Waals surface area contributed by atoms with Crippen LogP contribution in [0.2, 0.25) is 0 Å². The molecule has 21 heavy (non-hydrogen) atoms. The van der Waals surface area contributed by atoms with E-state index in [1.54, 1.807) is 6.20 Å². The molecule has 0 aliphatic carbocycles. The average Bonchev–Trinajstić information content (AvgIpc) is 2.84. The molecule has 0 unspecified atom stereocenters. The van der Waals surface area contributed by atoms with Crippen molar-refractivity contribution in [1.29, 1.82) is 0 Å². The van der Waals surface area contributed by atoms with Gasteiger partial charge in [0.25, 0.3) is 0 Å². The van der Waals surface area contributed by atoms with E-state index in [4.69, 9.17) is 4.98 Å². The van der Waals surface area contributed by atoms with E-state index in [9.17, 15) is 0 Å². The first-order valence-corrected chi connectivity index (χ1v) is 7.13. The second-order valence-corrected chi connectivity index (χ2v) is 6.18. The monoisotopic (exact) mass is 277 g/mol. The van der Waals surface area contributed by atoms with Crippen LogP contribution in [0.1, 0.15) is 26.6 Å². The van der Waals surface area contributed by atoms with E-state index in [-0.39, 0.29) is 5.41 Å². The summed E-state index contributed by atoms with van der Waals surface area (Å²) in [5, 5.41) is 0. The molecule has 0 bridgehead atoms. The Labute approximate surface area is 125 Å². The molecule has 0 atom stereocenters. The van der Waals surface area contributed by atoms with Gasteiger partial charge in [-0.05, 0) is 35.8 Å². The van der Waals surface area contributed by atoms with Crippen molar-refractivity contribution in [3.05, 3.63) is 60.6 Å². The van der Waals surface area contributed by atoms with Gasteiger partial charge in [0.05, 0.1) is 11.0 Å². The summed E-state index contributed by atoms with van der Waals surface area (Å²) in [6.07, 6.45) is 6.06. The fourth-order valence-corrected chi connectivity index (χ4v) is 2.21. The van der Waals surface area contributed by atoms with Crippen LogP contribution in [-0.2, 0) is 0 Å². The molecule has 0 fully saturated rings. The van der Waals surface area contributed by atoms with E-state index in [1.165, 1.54) is 0 Å². The number of imidazole rings is 1. The predicted molar refractivity (Wildman–Crippen MR) is 87.4 cm³/mol. The van der Waals surface area contributed by atoms with Gasteiger partial charge in [-0.15, -0.1) is 0 Å². The first-order valence-electron chi connectivity index (χ1n) is 7.13. The van der Waals surface area contributed by atoms with Crippen LogP contribution in [-0.4, -0.2) is 14.5 Å². The standard InChI is InChI=1S/C18H19N3/c1-18(2,3)12-11-17-20-14-8-4-5-9-15(14)21(17)16-10-6-7-13-19-16/h4-13H,1-3H3/b12-11+. The molecule has 0 N–H and O–H groups in total. The molecule has 2 heterocycles. The molecule has 3 aromatic rings. The van der Waals surface area contributed by atoms with Gasteiger partial charge in [0, 0.05) is 6.20 Å². The van der Waals surface area contributed by atoms with Crippen LogP contribution in [0, 0.1) is 5.41 Å². The summed E-state index contributed by atoms with van der Waals surface area (Å²) in [5.41, 5.74) is 2.18. The molecular weight excluding hydrogens is 258 g/mol. The minimum absolute atomic E-state index is 0.118. The maximum Gasteiger partial charge on any atom is 0.139 e. The molecular formula is C18H19N3. The molecule has 0 saturated carbocycles. The lowest BCUT2D eigenvalue weighted by atomic mass is 9.96. The third-order valence-electron chi connectivity index (χ3n) is 3.20. The van der Waals surface area contributed by atoms with E-state index in [0.29, 0.717) is 0 Å². The molecule has 1 aromatic carbocycles. The fraction of sp³-hybridized carbons (Fsp3) is 0.222. The van der Waals surface area contributed by atoms with E-state index in [1.807, 2.05) is 36.4 Å². The number of aromatic nitrogens is 3. The second kappa shape index (κ2) is 5.17. The highest BCUT2D eigenvalue weighted by molar-refractivity contribution is 5.79. The highest BCUT2D eigenvalue weighted by Crippen LogP contribution is 2.23. The van der Waals surface area contributed by atoms with Crippen LogP contribution in [0.3, 0.4) is 0 Å². The molecule has 0 spiro atoms. The quantitative estimate of drug-likeness (QED) is 0.691. The molecule has 3 heteroatoms. The summed E-state index contributed by atoms with van der Waals surface area (Å²) < 4.78 is 2.09. The Bertz CT molecular complexity index is 777. The Morgan fingerprint density at radius 3 is 2.48 bits per heavy atom. The van der Waals surface area contributed by atoms with Gasteiger partial charge in [-0.3, -0.25) is 4.57 Å². The summed E-state index contributed by atoms with van der Waals surface area (Å²) in [4.78, 5) is 9.19. The maximum absolute atomic E-state index is 4.73. The number of pyridine rings is 1. The smallest absolute Gasteiger partial charge is 0.139 e. The van der Waals surface area contributed by atoms with Crippen LogP contribution in [0.25, 0.3) is 22.9 Å². The Morgan fingerprint density at radius 1 is 1.00 bits per heavy atom. The highest BCUT2D eigenvalue weighted by Gasteiger charge is 2.12. The largest absolute Gasteiger partial charge is 0.277 e. The van der Waals surface area contributed by atoms with Crippen LogP contribution >= 0.6 is 0 Å². The van der Waals surface area contributed by atoms with Crippen LogP contribution < -0.4 is 0 Å². The van der Waals surface area contributed by atoms with Gasteiger partial charge in [-0.2, -0.15) is 0 Å². The Morgan fingerprint density at radius 2 is 1.76 bits per heavy atom. The summed E-state index contributed by atoms with van der Waals surface area (Å²) in [5.74, 6) is 1.80. The summed E-state index contributed by atoms with van der Waals surface area (Å²) >= 11 is 0. The molecule has 0 saturated heterocycles. The lowest BCUT2D eigenvalue weighted by molar-refractivity contribution is 0.547. The van der Waals surface area contributed by atoms with E-state index in [0.717, 1.165) is 22.7 Å². The van der Waals surface area contributed by atoms with E-state index < -0.39 is 0 Å². The van der Waals surface area contributed by atoms with Gasteiger partial charge in [-0.25, -0.2) is 9.97 Å². The van der Waals surface area contributed by atoms with Crippen LogP contribution in [0.15, 0.2) is 54.7 Å². The van der Waals surface area contributed by atoms with Gasteiger partial charge >= 0.3 is 0 Å². The normalized spacial score (nSPS) is 12.3. The molecule has 0 amide bonds. The van der Waals surface area contributed by atoms with Crippen molar-refractivity contribution in [2.75, 3.05) is 0 Å². The molecule has 0 radical (unpaired) electrons. The number of para-hydroxylation sites is 2. The predicted octanol–water partition coefficient (Wildman–Crippen LogP) is 4.48. The number of allylic oxidation sites excluding steroid dienone is 1. The second-order valence-electron chi connectivity index (χ2n) is 6.18. The Balaban J connectivity index is 2.22. The summed E-state index contributed by atoms with van der Waals surface area (Å²) in [6, 6.07) is 14.1. The highest BCUT2D eigenvalue weighted by atomic mass is 15.1. The molecule has 2 aromatic heterocycles. The zero-order valence-electron chi connectivity index (χ0n) is 12.6. The van der Waals surface area contributed by atoms with Crippen molar-refractivity contribution in [3.8, 4) is 5.82 Å². The number of hydrogen-bond donors (Lipinski definition) is 0. The lowest BCUT2D eigenvalue weighted by Gasteiger charge is -2.11. The minimum atomic E-state index is 0.118. The molecule has 3 nitrogen and oxygen atoms in total. The van der Waals surface area contributed by atoms with Gasteiger partial charge in [0.2, 0.25) is 0 Å². The third kappa shape index (κ3) is 2.87. The van der Waals surface area contributed by atoms with Crippen LogP contribution in [0.4, 0.5) is 0 Å². The van der Waals surface area contributed by atoms with Crippen molar-refractivity contribution >= 4 is 17.1 Å². The van der Waals surface area contributed by atoms with Gasteiger partial charge in [0.1, 0.15) is 11.6 Å². The SMILES string of the molecule is CC(C)(C)/C=C/c1nc2ccccc2n1-c1ccccn1. The molecule has 3 rings (SSSR count). The van der Waals surface area contributed by atoms with Crippen molar-refractivity contribution in [2.24, 2.45) is 5.41 Å². The van der Waals surface area contributed by atoms with Gasteiger partial charge < -0.3 is 0 Å². The van der Waals surface area contributed by atoms with Gasteiger partial charge in [0.15, 0.2) is 0 Å². The first-order chi connectivity index (χ1) is 10.0. The Kier molecular flexibility index (Phi) is 3.34. The third-order valence-corrected chi connectivity index (χ3v) is 3.20.